The first kappa shape index (κ1) is 16.4. The molecule has 1 fully saturated rings. The lowest BCUT2D eigenvalue weighted by molar-refractivity contribution is -0.146. The van der Waals surface area contributed by atoms with Gasteiger partial charge >= 0.3 is 5.97 Å². The van der Waals surface area contributed by atoms with E-state index in [0.717, 1.165) is 31.2 Å². The summed E-state index contributed by atoms with van der Waals surface area (Å²) in [4.78, 5) is 14.0. The van der Waals surface area contributed by atoms with Crippen molar-refractivity contribution in [3.8, 4) is 0 Å². The molecule has 0 saturated carbocycles. The molecule has 4 nitrogen and oxygen atoms in total. The zero-order valence-electron chi connectivity index (χ0n) is 12.9. The van der Waals surface area contributed by atoms with Crippen molar-refractivity contribution in [1.29, 1.82) is 0 Å². The zero-order chi connectivity index (χ0) is 14.5. The highest BCUT2D eigenvalue weighted by molar-refractivity contribution is 5.79. The van der Waals surface area contributed by atoms with E-state index < -0.39 is 5.54 Å². The Labute approximate surface area is 117 Å². The van der Waals surface area contributed by atoms with Gasteiger partial charge in [0.05, 0.1) is 7.11 Å². The number of likely N-dealkylation sites (tertiary alicyclic amines) is 1. The third-order valence-electron chi connectivity index (χ3n) is 4.49. The van der Waals surface area contributed by atoms with Crippen molar-refractivity contribution in [3.05, 3.63) is 0 Å². The molecule has 0 radical (unpaired) electrons. The van der Waals surface area contributed by atoms with Crippen LogP contribution in [0.4, 0.5) is 0 Å². The van der Waals surface area contributed by atoms with Gasteiger partial charge in [-0.2, -0.15) is 0 Å². The number of carbonyl (C=O) groups excluding carboxylic acids is 1. The van der Waals surface area contributed by atoms with E-state index in [1.165, 1.54) is 26.6 Å². The van der Waals surface area contributed by atoms with E-state index in [1.807, 2.05) is 0 Å². The summed E-state index contributed by atoms with van der Waals surface area (Å²) in [5.74, 6) is 1.33. The molecule has 0 spiro atoms. The van der Waals surface area contributed by atoms with Gasteiger partial charge in [0.25, 0.3) is 0 Å². The molecule has 2 N–H and O–H groups in total. The first-order valence-corrected chi connectivity index (χ1v) is 7.46. The average Bonchev–Trinajstić information content (AvgIpc) is 2.37. The fourth-order valence-electron chi connectivity index (χ4n) is 2.72. The molecule has 0 aromatic heterocycles. The van der Waals surface area contributed by atoms with Crippen LogP contribution in [0.25, 0.3) is 0 Å². The number of ether oxygens (including phenoxy) is 1. The number of rotatable bonds is 6. The van der Waals surface area contributed by atoms with Crippen molar-refractivity contribution in [2.45, 2.75) is 52.0 Å². The van der Waals surface area contributed by atoms with Crippen molar-refractivity contribution in [2.75, 3.05) is 26.7 Å². The third-order valence-corrected chi connectivity index (χ3v) is 4.49. The maximum atomic E-state index is 11.5. The van der Waals surface area contributed by atoms with Crippen molar-refractivity contribution in [2.24, 2.45) is 17.6 Å². The third kappa shape index (κ3) is 5.11. The average molecular weight is 270 g/mol. The molecular weight excluding hydrogens is 240 g/mol. The summed E-state index contributed by atoms with van der Waals surface area (Å²) >= 11 is 0. The number of carbonyl (C=O) groups is 1. The van der Waals surface area contributed by atoms with Crippen LogP contribution in [0.5, 0.6) is 0 Å². The van der Waals surface area contributed by atoms with Gasteiger partial charge in [-0.3, -0.25) is 4.79 Å². The summed E-state index contributed by atoms with van der Waals surface area (Å²) in [5.41, 5.74) is 5.11. The molecule has 3 unspecified atom stereocenters. The number of nitrogens with two attached hydrogens (primary N) is 1. The van der Waals surface area contributed by atoms with Crippen LogP contribution in [0.15, 0.2) is 0 Å². The summed E-state index contributed by atoms with van der Waals surface area (Å²) in [5, 5.41) is 0. The van der Waals surface area contributed by atoms with Gasteiger partial charge in [0, 0.05) is 6.54 Å². The molecule has 3 atom stereocenters. The van der Waals surface area contributed by atoms with Gasteiger partial charge in [-0.05, 0) is 57.5 Å². The first-order chi connectivity index (χ1) is 8.86. The van der Waals surface area contributed by atoms with E-state index in [0.29, 0.717) is 6.42 Å². The number of unbranched alkanes of at least 4 members (excludes halogenated alkanes) is 1. The molecule has 0 aromatic carbocycles. The second-order valence-electron chi connectivity index (χ2n) is 6.41. The Morgan fingerprint density at radius 1 is 1.37 bits per heavy atom. The lowest BCUT2D eigenvalue weighted by atomic mass is 9.88. The molecule has 0 bridgehead atoms. The molecule has 1 rings (SSSR count). The minimum absolute atomic E-state index is 0.312. The lowest BCUT2D eigenvalue weighted by Gasteiger charge is -2.35. The van der Waals surface area contributed by atoms with E-state index >= 15 is 0 Å². The standard InChI is InChI=1S/C15H30N2O2/c1-12-7-10-17(11-13(12)2)9-6-5-8-15(3,16)14(18)19-4/h12-13H,5-11,16H2,1-4H3. The number of hydrogen-bond acceptors (Lipinski definition) is 4. The molecule has 19 heavy (non-hydrogen) atoms. The van der Waals surface area contributed by atoms with Gasteiger partial charge in [-0.15, -0.1) is 0 Å². The predicted molar refractivity (Wildman–Crippen MR) is 77.8 cm³/mol. The van der Waals surface area contributed by atoms with Gasteiger partial charge in [-0.25, -0.2) is 0 Å². The number of piperidine rings is 1. The Bertz CT molecular complexity index is 292. The minimum Gasteiger partial charge on any atom is -0.468 e. The van der Waals surface area contributed by atoms with E-state index in [1.54, 1.807) is 6.92 Å². The molecule has 4 heteroatoms. The fraction of sp³-hybridized carbons (Fsp3) is 0.933. The largest absolute Gasteiger partial charge is 0.468 e. The maximum absolute atomic E-state index is 11.5. The van der Waals surface area contributed by atoms with Crippen LogP contribution >= 0.6 is 0 Å². The minimum atomic E-state index is -0.835. The molecule has 0 aliphatic carbocycles. The topological polar surface area (TPSA) is 55.6 Å². The molecule has 1 saturated heterocycles. The summed E-state index contributed by atoms with van der Waals surface area (Å²) < 4.78 is 4.71. The van der Waals surface area contributed by atoms with Gasteiger partial charge in [0.2, 0.25) is 0 Å². The van der Waals surface area contributed by atoms with Crippen molar-refractivity contribution < 1.29 is 9.53 Å². The van der Waals surface area contributed by atoms with Crippen LogP contribution in [0.1, 0.15) is 46.5 Å². The Balaban J connectivity index is 2.19. The molecule has 1 aliphatic heterocycles. The van der Waals surface area contributed by atoms with Gasteiger partial charge in [0.15, 0.2) is 0 Å². The summed E-state index contributed by atoms with van der Waals surface area (Å²) in [6, 6.07) is 0. The second kappa shape index (κ2) is 7.25. The summed E-state index contributed by atoms with van der Waals surface area (Å²) in [6.45, 7) is 9.97. The quantitative estimate of drug-likeness (QED) is 0.592. The highest BCUT2D eigenvalue weighted by atomic mass is 16.5. The second-order valence-corrected chi connectivity index (χ2v) is 6.41. The van der Waals surface area contributed by atoms with Crippen LogP contribution in [-0.4, -0.2) is 43.2 Å². The van der Waals surface area contributed by atoms with Crippen molar-refractivity contribution in [3.63, 3.8) is 0 Å². The maximum Gasteiger partial charge on any atom is 0.325 e. The number of esters is 1. The van der Waals surface area contributed by atoms with Gasteiger partial charge in [0.1, 0.15) is 5.54 Å². The summed E-state index contributed by atoms with van der Waals surface area (Å²) in [7, 11) is 1.39. The predicted octanol–water partition coefficient (Wildman–Crippen LogP) is 2.02. The highest BCUT2D eigenvalue weighted by Gasteiger charge is 2.28. The van der Waals surface area contributed by atoms with Crippen molar-refractivity contribution >= 4 is 5.97 Å². The number of nitrogens with zero attached hydrogens (tertiary/aromatic N) is 1. The van der Waals surface area contributed by atoms with E-state index in [4.69, 9.17) is 10.5 Å². The monoisotopic (exact) mass is 270 g/mol. The van der Waals surface area contributed by atoms with Crippen LogP contribution in [0.2, 0.25) is 0 Å². The van der Waals surface area contributed by atoms with E-state index in [-0.39, 0.29) is 5.97 Å². The normalized spacial score (nSPS) is 27.8. The van der Waals surface area contributed by atoms with Crippen LogP contribution in [0, 0.1) is 11.8 Å². The van der Waals surface area contributed by atoms with Crippen LogP contribution < -0.4 is 5.73 Å². The molecule has 112 valence electrons. The Kier molecular flexibility index (Phi) is 6.27. The van der Waals surface area contributed by atoms with Gasteiger partial charge in [-0.1, -0.05) is 13.8 Å². The van der Waals surface area contributed by atoms with Crippen LogP contribution in [-0.2, 0) is 9.53 Å². The van der Waals surface area contributed by atoms with E-state index in [2.05, 4.69) is 18.7 Å². The molecule has 1 aliphatic rings. The number of hydrogen-bond donors (Lipinski definition) is 1. The summed E-state index contributed by atoms with van der Waals surface area (Å²) in [6.07, 6.45) is 4.07. The Morgan fingerprint density at radius 2 is 2.05 bits per heavy atom. The Morgan fingerprint density at radius 3 is 2.63 bits per heavy atom. The van der Waals surface area contributed by atoms with E-state index in [9.17, 15) is 4.79 Å². The number of methoxy groups -OCH3 is 1. The molecule has 0 aromatic rings. The SMILES string of the molecule is COC(=O)C(C)(N)CCCCN1CCC(C)C(C)C1. The fourth-order valence-corrected chi connectivity index (χ4v) is 2.72. The van der Waals surface area contributed by atoms with Crippen molar-refractivity contribution in [1.82, 2.24) is 4.90 Å². The molecular formula is C15H30N2O2. The first-order valence-electron chi connectivity index (χ1n) is 7.46. The van der Waals surface area contributed by atoms with Gasteiger partial charge < -0.3 is 15.4 Å². The molecule has 0 amide bonds. The highest BCUT2D eigenvalue weighted by Crippen LogP contribution is 2.22. The van der Waals surface area contributed by atoms with Crippen LogP contribution in [0.3, 0.4) is 0 Å². The smallest absolute Gasteiger partial charge is 0.325 e. The molecule has 1 heterocycles. The zero-order valence-corrected chi connectivity index (χ0v) is 12.9. The Hall–Kier alpha value is -0.610. The lowest BCUT2D eigenvalue weighted by Crippen LogP contribution is -2.45.